The number of hydrogen-bond acceptors (Lipinski definition) is 6. The molecule has 174 valence electrons. The van der Waals surface area contributed by atoms with Crippen molar-refractivity contribution in [2.24, 2.45) is 5.92 Å². The number of hydrogen-bond donors (Lipinski definition) is 2. The smallest absolute Gasteiger partial charge is 0.311 e. The van der Waals surface area contributed by atoms with Crippen LogP contribution < -0.4 is 19.5 Å². The fourth-order valence-corrected chi connectivity index (χ4v) is 4.95. The molecular formula is C26H22FNO6. The molecule has 1 aliphatic carbocycles. The van der Waals surface area contributed by atoms with E-state index in [0.29, 0.717) is 28.1 Å². The molecule has 8 heteroatoms. The Kier molecular flexibility index (Phi) is 5.36. The van der Waals surface area contributed by atoms with E-state index in [0.717, 1.165) is 0 Å². The molecule has 2 N–H and O–H groups in total. The van der Waals surface area contributed by atoms with Gasteiger partial charge in [-0.1, -0.05) is 36.4 Å². The van der Waals surface area contributed by atoms with Crippen LogP contribution in [0.4, 0.5) is 10.1 Å². The molecule has 3 aromatic rings. The summed E-state index contributed by atoms with van der Waals surface area (Å²) in [5.41, 5.74) is 2.27. The average Bonchev–Trinajstić information content (AvgIpc) is 3.12. The zero-order valence-electron chi connectivity index (χ0n) is 18.5. The predicted octanol–water partition coefficient (Wildman–Crippen LogP) is 4.57. The first-order valence-electron chi connectivity index (χ1n) is 10.7. The van der Waals surface area contributed by atoms with E-state index < -0.39 is 29.7 Å². The SMILES string of the molecule is COc1cc2c(c(OCc3ccccc3F)c1OC)C(=O)[C@@H]1[C@H]2Nc2ccccc2[C@@H]1C(=O)O. The summed E-state index contributed by atoms with van der Waals surface area (Å²) in [6, 6.07) is 14.3. The van der Waals surface area contributed by atoms with Gasteiger partial charge in [0.25, 0.3) is 0 Å². The minimum atomic E-state index is -1.09. The van der Waals surface area contributed by atoms with Crippen LogP contribution in [0.25, 0.3) is 0 Å². The summed E-state index contributed by atoms with van der Waals surface area (Å²) in [7, 11) is 2.88. The highest BCUT2D eigenvalue weighted by atomic mass is 19.1. The summed E-state index contributed by atoms with van der Waals surface area (Å²) in [5.74, 6) is -3.22. The van der Waals surface area contributed by atoms with Crippen molar-refractivity contribution >= 4 is 17.4 Å². The number of nitrogens with one attached hydrogen (secondary N) is 1. The Morgan fingerprint density at radius 3 is 2.47 bits per heavy atom. The van der Waals surface area contributed by atoms with E-state index in [-0.39, 0.29) is 29.5 Å². The first-order valence-corrected chi connectivity index (χ1v) is 10.7. The molecule has 0 fully saturated rings. The van der Waals surface area contributed by atoms with Gasteiger partial charge in [-0.25, -0.2) is 4.39 Å². The number of halogens is 1. The van der Waals surface area contributed by atoms with E-state index in [4.69, 9.17) is 14.2 Å². The average molecular weight is 463 g/mol. The van der Waals surface area contributed by atoms with Crippen molar-refractivity contribution in [3.8, 4) is 17.2 Å². The number of methoxy groups -OCH3 is 2. The fourth-order valence-electron chi connectivity index (χ4n) is 4.95. The molecule has 0 saturated carbocycles. The molecule has 0 bridgehead atoms. The van der Waals surface area contributed by atoms with E-state index in [2.05, 4.69) is 5.32 Å². The van der Waals surface area contributed by atoms with Crippen molar-refractivity contribution in [1.29, 1.82) is 0 Å². The van der Waals surface area contributed by atoms with Gasteiger partial charge in [-0.15, -0.1) is 0 Å². The number of Topliss-reactive ketones (excluding diaryl/α,β-unsaturated/α-hetero) is 1. The van der Waals surface area contributed by atoms with Crippen LogP contribution in [0.5, 0.6) is 17.2 Å². The third kappa shape index (κ3) is 3.25. The number of carbonyl (C=O) groups excluding carboxylic acids is 1. The first kappa shape index (κ1) is 21.8. The van der Waals surface area contributed by atoms with Gasteiger partial charge in [0, 0.05) is 11.3 Å². The number of ketones is 1. The number of rotatable bonds is 6. The topological polar surface area (TPSA) is 94.1 Å². The molecule has 3 atom stereocenters. The van der Waals surface area contributed by atoms with Crippen LogP contribution in [-0.2, 0) is 11.4 Å². The Labute approximate surface area is 195 Å². The second-order valence-corrected chi connectivity index (χ2v) is 8.20. The second kappa shape index (κ2) is 8.37. The van der Waals surface area contributed by atoms with Crippen molar-refractivity contribution in [1.82, 2.24) is 0 Å². The first-order chi connectivity index (χ1) is 16.5. The monoisotopic (exact) mass is 463 g/mol. The summed E-state index contributed by atoms with van der Waals surface area (Å²) < 4.78 is 31.2. The molecular weight excluding hydrogens is 441 g/mol. The lowest BCUT2D eigenvalue weighted by Crippen LogP contribution is -2.35. The van der Waals surface area contributed by atoms with Gasteiger partial charge < -0.3 is 24.6 Å². The number of aliphatic carboxylic acids is 1. The molecule has 1 heterocycles. The van der Waals surface area contributed by atoms with Crippen LogP contribution in [0.3, 0.4) is 0 Å². The largest absolute Gasteiger partial charge is 0.493 e. The van der Waals surface area contributed by atoms with Crippen molar-refractivity contribution in [3.05, 3.63) is 82.7 Å². The molecule has 34 heavy (non-hydrogen) atoms. The Hall–Kier alpha value is -4.07. The number of ether oxygens (including phenoxy) is 3. The maximum atomic E-state index is 14.2. The lowest BCUT2D eigenvalue weighted by Gasteiger charge is -2.34. The Balaban J connectivity index is 1.65. The van der Waals surface area contributed by atoms with Gasteiger partial charge in [-0.05, 0) is 29.3 Å². The van der Waals surface area contributed by atoms with Gasteiger partial charge in [0.05, 0.1) is 37.7 Å². The number of anilines is 1. The Morgan fingerprint density at radius 1 is 1.03 bits per heavy atom. The predicted molar refractivity (Wildman–Crippen MR) is 121 cm³/mol. The third-order valence-electron chi connectivity index (χ3n) is 6.46. The molecule has 0 unspecified atom stereocenters. The zero-order chi connectivity index (χ0) is 24.0. The fraction of sp³-hybridized carbons (Fsp3) is 0.231. The minimum absolute atomic E-state index is 0.106. The van der Waals surface area contributed by atoms with Gasteiger partial charge in [-0.3, -0.25) is 9.59 Å². The van der Waals surface area contributed by atoms with E-state index in [1.807, 2.05) is 0 Å². The van der Waals surface area contributed by atoms with Crippen LogP contribution in [-0.4, -0.2) is 31.1 Å². The molecule has 3 aromatic carbocycles. The lowest BCUT2D eigenvalue weighted by molar-refractivity contribution is -0.140. The highest BCUT2D eigenvalue weighted by Crippen LogP contribution is 2.56. The number of para-hydroxylation sites is 1. The number of carboxylic acids is 1. The summed E-state index contributed by atoms with van der Waals surface area (Å²) in [4.78, 5) is 26.1. The molecule has 0 saturated heterocycles. The molecule has 5 rings (SSSR count). The lowest BCUT2D eigenvalue weighted by atomic mass is 9.77. The van der Waals surface area contributed by atoms with E-state index in [1.54, 1.807) is 48.5 Å². The highest BCUT2D eigenvalue weighted by Gasteiger charge is 2.53. The maximum absolute atomic E-state index is 14.2. The van der Waals surface area contributed by atoms with Crippen molar-refractivity contribution < 1.29 is 33.3 Å². The van der Waals surface area contributed by atoms with Crippen LogP contribution in [0.15, 0.2) is 54.6 Å². The highest BCUT2D eigenvalue weighted by molar-refractivity contribution is 6.10. The van der Waals surface area contributed by atoms with Gasteiger partial charge in [0.1, 0.15) is 12.4 Å². The normalized spacial score (nSPS) is 20.0. The molecule has 0 aromatic heterocycles. The molecule has 7 nitrogen and oxygen atoms in total. The van der Waals surface area contributed by atoms with E-state index >= 15 is 0 Å². The van der Waals surface area contributed by atoms with Gasteiger partial charge in [-0.2, -0.15) is 0 Å². The number of carboxylic acid groups (broad SMARTS) is 1. The van der Waals surface area contributed by atoms with Crippen molar-refractivity contribution in [3.63, 3.8) is 0 Å². The molecule has 1 aliphatic heterocycles. The zero-order valence-corrected chi connectivity index (χ0v) is 18.5. The number of fused-ring (bicyclic) bond motifs is 4. The van der Waals surface area contributed by atoms with E-state index in [9.17, 15) is 19.1 Å². The quantitative estimate of drug-likeness (QED) is 0.553. The van der Waals surface area contributed by atoms with Crippen molar-refractivity contribution in [2.75, 3.05) is 19.5 Å². The van der Waals surface area contributed by atoms with Gasteiger partial charge in [0.2, 0.25) is 5.75 Å². The van der Waals surface area contributed by atoms with Crippen molar-refractivity contribution in [2.45, 2.75) is 18.6 Å². The Morgan fingerprint density at radius 2 is 1.76 bits per heavy atom. The summed E-state index contributed by atoms with van der Waals surface area (Å²) in [6.45, 7) is -0.152. The standard InChI is InChI=1S/C26H22FNO6/c1-32-18-11-15-20(25(24(18)33-2)34-12-13-7-3-5-9-16(13)27)23(29)21-19(26(30)31)14-8-4-6-10-17(14)28-22(15)21/h3-11,19,21-22,28H,12H2,1-2H3,(H,30,31)/t19-,21-,22-/m0/s1. The summed E-state index contributed by atoms with van der Waals surface area (Å²) in [6.07, 6.45) is 0. The van der Waals surface area contributed by atoms with Gasteiger partial charge in [0.15, 0.2) is 17.3 Å². The van der Waals surface area contributed by atoms with Gasteiger partial charge >= 0.3 is 5.97 Å². The molecule has 0 spiro atoms. The maximum Gasteiger partial charge on any atom is 0.311 e. The van der Waals surface area contributed by atoms with Crippen LogP contribution in [0, 0.1) is 11.7 Å². The number of benzene rings is 3. The number of carbonyl (C=O) groups is 2. The summed E-state index contributed by atoms with van der Waals surface area (Å²) in [5, 5.41) is 13.4. The second-order valence-electron chi connectivity index (χ2n) is 8.20. The Bertz CT molecular complexity index is 1310. The molecule has 0 radical (unpaired) electrons. The summed E-state index contributed by atoms with van der Waals surface area (Å²) >= 11 is 0. The molecule has 0 amide bonds. The van der Waals surface area contributed by atoms with Crippen LogP contribution >= 0.6 is 0 Å². The van der Waals surface area contributed by atoms with Crippen LogP contribution in [0.1, 0.15) is 39.0 Å². The third-order valence-corrected chi connectivity index (χ3v) is 6.46. The van der Waals surface area contributed by atoms with E-state index in [1.165, 1.54) is 20.3 Å². The molecule has 2 aliphatic rings. The van der Waals surface area contributed by atoms with Crippen LogP contribution in [0.2, 0.25) is 0 Å². The minimum Gasteiger partial charge on any atom is -0.493 e.